The van der Waals surface area contributed by atoms with Crippen molar-refractivity contribution in [2.24, 2.45) is 0 Å². The van der Waals surface area contributed by atoms with Gasteiger partial charge in [0.25, 0.3) is 5.91 Å². The highest BCUT2D eigenvalue weighted by atomic mass is 16.2. The number of hydrogen-bond acceptors (Lipinski definition) is 3. The Morgan fingerprint density at radius 1 is 0.774 bits per heavy atom. The van der Waals surface area contributed by atoms with Gasteiger partial charge in [-0.05, 0) is 48.2 Å². The van der Waals surface area contributed by atoms with Gasteiger partial charge in [0, 0.05) is 24.3 Å². The number of carbonyl (C=O) groups excluding carboxylic acids is 2. The first-order valence-electron chi connectivity index (χ1n) is 10.7. The summed E-state index contributed by atoms with van der Waals surface area (Å²) in [5, 5.41) is 3.01. The molecule has 156 valence electrons. The van der Waals surface area contributed by atoms with Crippen LogP contribution < -0.4 is 10.2 Å². The molecule has 2 fully saturated rings. The Bertz CT molecular complexity index is 1070. The van der Waals surface area contributed by atoms with Crippen LogP contribution in [0.25, 0.3) is 11.1 Å². The molecule has 2 saturated heterocycles. The summed E-state index contributed by atoms with van der Waals surface area (Å²) in [5.41, 5.74) is 3.38. The molecule has 2 heterocycles. The second-order valence-electron chi connectivity index (χ2n) is 8.19. The lowest BCUT2D eigenvalue weighted by Crippen LogP contribution is -2.57. The van der Waals surface area contributed by atoms with E-state index in [0.29, 0.717) is 38.2 Å². The lowest BCUT2D eigenvalue weighted by molar-refractivity contribution is -0.124. The van der Waals surface area contributed by atoms with E-state index >= 15 is 0 Å². The van der Waals surface area contributed by atoms with Gasteiger partial charge < -0.3 is 15.1 Å². The van der Waals surface area contributed by atoms with Crippen molar-refractivity contribution in [3.8, 4) is 11.1 Å². The van der Waals surface area contributed by atoms with Crippen molar-refractivity contribution in [1.29, 1.82) is 0 Å². The number of benzene rings is 3. The van der Waals surface area contributed by atoms with Crippen LogP contribution in [0, 0.1) is 0 Å². The fraction of sp³-hybridized carbons (Fsp3) is 0.231. The molecule has 2 aliphatic heterocycles. The van der Waals surface area contributed by atoms with Crippen LogP contribution in [0.1, 0.15) is 23.2 Å². The van der Waals surface area contributed by atoms with Crippen molar-refractivity contribution < 1.29 is 9.59 Å². The summed E-state index contributed by atoms with van der Waals surface area (Å²) in [7, 11) is 0. The zero-order valence-electron chi connectivity index (χ0n) is 17.3. The second-order valence-corrected chi connectivity index (χ2v) is 8.19. The standard InChI is InChI=1S/C26H25N3O2/c30-24(22-13-11-21(12-14-22)20-7-3-1-4-8-20)28-17-15-26(16-18-28)25(31)27-19-29(26)23-9-5-2-6-10-23/h1-14H,15-19H2,(H,27,31). The maximum Gasteiger partial charge on any atom is 0.253 e. The molecule has 3 aromatic rings. The third kappa shape index (κ3) is 3.46. The molecule has 0 unspecified atom stereocenters. The molecular weight excluding hydrogens is 386 g/mol. The van der Waals surface area contributed by atoms with Gasteiger partial charge in [-0.2, -0.15) is 0 Å². The molecule has 0 saturated carbocycles. The molecule has 0 atom stereocenters. The number of amides is 2. The molecule has 0 aromatic heterocycles. The number of nitrogens with one attached hydrogen (secondary N) is 1. The topological polar surface area (TPSA) is 52.7 Å². The van der Waals surface area contributed by atoms with Crippen LogP contribution in [-0.2, 0) is 4.79 Å². The normalized spacial score (nSPS) is 17.6. The Balaban J connectivity index is 1.30. The Morgan fingerprint density at radius 2 is 1.35 bits per heavy atom. The number of piperidine rings is 1. The highest BCUT2D eigenvalue weighted by Gasteiger charge is 2.50. The van der Waals surface area contributed by atoms with Crippen molar-refractivity contribution in [1.82, 2.24) is 10.2 Å². The Hall–Kier alpha value is -3.60. The number of rotatable bonds is 3. The SMILES string of the molecule is O=C(c1ccc(-c2ccccc2)cc1)N1CCC2(CC1)C(=O)NCN2c1ccccc1. The van der Waals surface area contributed by atoms with E-state index in [0.717, 1.165) is 16.8 Å². The zero-order chi connectivity index (χ0) is 21.3. The highest BCUT2D eigenvalue weighted by molar-refractivity contribution is 5.96. The summed E-state index contributed by atoms with van der Waals surface area (Å²) in [6.45, 7) is 1.64. The number of anilines is 1. The number of carbonyl (C=O) groups is 2. The fourth-order valence-electron chi connectivity index (χ4n) is 4.73. The average Bonchev–Trinajstić information content (AvgIpc) is 3.15. The lowest BCUT2D eigenvalue weighted by atomic mass is 9.85. The molecule has 31 heavy (non-hydrogen) atoms. The minimum atomic E-state index is -0.574. The molecular formula is C26H25N3O2. The molecule has 2 aliphatic rings. The van der Waals surface area contributed by atoms with Gasteiger partial charge >= 0.3 is 0 Å². The van der Waals surface area contributed by atoms with Gasteiger partial charge in [0.05, 0.1) is 6.67 Å². The second kappa shape index (κ2) is 7.91. The average molecular weight is 412 g/mol. The molecule has 5 heteroatoms. The quantitative estimate of drug-likeness (QED) is 0.711. The number of para-hydroxylation sites is 1. The van der Waals surface area contributed by atoms with Crippen molar-refractivity contribution in [2.75, 3.05) is 24.7 Å². The molecule has 0 aliphatic carbocycles. The summed E-state index contributed by atoms with van der Waals surface area (Å²) in [6.07, 6.45) is 1.25. The predicted molar refractivity (Wildman–Crippen MR) is 122 cm³/mol. The Kier molecular flexibility index (Phi) is 4.94. The van der Waals surface area contributed by atoms with Crippen LogP contribution in [0.5, 0.6) is 0 Å². The van der Waals surface area contributed by atoms with E-state index in [9.17, 15) is 9.59 Å². The first kappa shape index (κ1) is 19.4. The lowest BCUT2D eigenvalue weighted by Gasteiger charge is -2.43. The molecule has 0 bridgehead atoms. The van der Waals surface area contributed by atoms with Gasteiger partial charge in [0.2, 0.25) is 5.91 Å². The van der Waals surface area contributed by atoms with Crippen molar-refractivity contribution in [3.63, 3.8) is 0 Å². The smallest absolute Gasteiger partial charge is 0.253 e. The van der Waals surface area contributed by atoms with E-state index in [1.807, 2.05) is 77.7 Å². The molecule has 5 rings (SSSR count). The van der Waals surface area contributed by atoms with Crippen molar-refractivity contribution >= 4 is 17.5 Å². The third-order valence-corrected chi connectivity index (χ3v) is 6.52. The van der Waals surface area contributed by atoms with E-state index < -0.39 is 5.54 Å². The summed E-state index contributed by atoms with van der Waals surface area (Å²) < 4.78 is 0. The van der Waals surface area contributed by atoms with E-state index in [1.54, 1.807) is 0 Å². The zero-order valence-corrected chi connectivity index (χ0v) is 17.3. The molecule has 1 spiro atoms. The third-order valence-electron chi connectivity index (χ3n) is 6.52. The monoisotopic (exact) mass is 411 g/mol. The van der Waals surface area contributed by atoms with Crippen molar-refractivity contribution in [2.45, 2.75) is 18.4 Å². The van der Waals surface area contributed by atoms with Gasteiger partial charge in [-0.3, -0.25) is 9.59 Å². The van der Waals surface area contributed by atoms with Crippen LogP contribution in [0.15, 0.2) is 84.9 Å². The first-order valence-corrected chi connectivity index (χ1v) is 10.7. The summed E-state index contributed by atoms with van der Waals surface area (Å²) in [5.74, 6) is 0.0924. The van der Waals surface area contributed by atoms with Crippen LogP contribution in [0.2, 0.25) is 0 Å². The predicted octanol–water partition coefficient (Wildman–Crippen LogP) is 3.92. The van der Waals surface area contributed by atoms with Crippen LogP contribution in [0.3, 0.4) is 0 Å². The van der Waals surface area contributed by atoms with Gasteiger partial charge in [-0.1, -0.05) is 60.7 Å². The molecule has 3 aromatic carbocycles. The van der Waals surface area contributed by atoms with Gasteiger partial charge in [-0.25, -0.2) is 0 Å². The van der Waals surface area contributed by atoms with Crippen LogP contribution >= 0.6 is 0 Å². The maximum atomic E-state index is 13.1. The number of nitrogens with zero attached hydrogens (tertiary/aromatic N) is 2. The van der Waals surface area contributed by atoms with Crippen LogP contribution in [-0.4, -0.2) is 42.0 Å². The van der Waals surface area contributed by atoms with Crippen LogP contribution in [0.4, 0.5) is 5.69 Å². The minimum Gasteiger partial charge on any atom is -0.339 e. The van der Waals surface area contributed by atoms with Gasteiger partial charge in [0.1, 0.15) is 5.54 Å². The Labute approximate surface area is 182 Å². The summed E-state index contributed by atoms with van der Waals surface area (Å²) >= 11 is 0. The van der Waals surface area contributed by atoms with E-state index in [2.05, 4.69) is 22.3 Å². The van der Waals surface area contributed by atoms with Gasteiger partial charge in [0.15, 0.2) is 0 Å². The largest absolute Gasteiger partial charge is 0.339 e. The summed E-state index contributed by atoms with van der Waals surface area (Å²) in [4.78, 5) is 29.9. The number of hydrogen-bond donors (Lipinski definition) is 1. The molecule has 5 nitrogen and oxygen atoms in total. The van der Waals surface area contributed by atoms with Gasteiger partial charge in [-0.15, -0.1) is 0 Å². The fourth-order valence-corrected chi connectivity index (χ4v) is 4.73. The molecule has 2 amide bonds. The highest BCUT2D eigenvalue weighted by Crippen LogP contribution is 2.36. The molecule has 0 radical (unpaired) electrons. The Morgan fingerprint density at radius 3 is 2.00 bits per heavy atom. The number of likely N-dealkylation sites (tertiary alicyclic amines) is 1. The summed E-state index contributed by atoms with van der Waals surface area (Å²) in [6, 6.07) is 27.9. The minimum absolute atomic E-state index is 0.0270. The van der Waals surface area contributed by atoms with Crippen molar-refractivity contribution in [3.05, 3.63) is 90.5 Å². The maximum absolute atomic E-state index is 13.1. The van der Waals surface area contributed by atoms with E-state index in [4.69, 9.17) is 0 Å². The molecule has 1 N–H and O–H groups in total. The first-order chi connectivity index (χ1) is 15.2. The van der Waals surface area contributed by atoms with E-state index in [1.165, 1.54) is 0 Å². The van der Waals surface area contributed by atoms with E-state index in [-0.39, 0.29) is 11.8 Å².